The molecule has 0 bridgehead atoms. The molecule has 40 heavy (non-hydrogen) atoms. The molecule has 218 valence electrons. The zero-order valence-electron chi connectivity index (χ0n) is 19.8. The molecule has 1 aromatic heterocycles. The number of carbonyl (C=O) groups excluding carboxylic acids is 1. The van der Waals surface area contributed by atoms with Crippen molar-refractivity contribution in [3.05, 3.63) is 66.0 Å². The summed E-state index contributed by atoms with van der Waals surface area (Å²) in [7, 11) is 1.40. The van der Waals surface area contributed by atoms with Gasteiger partial charge in [0.05, 0.1) is 19.0 Å². The Hall–Kier alpha value is -4.74. The second-order valence-electron chi connectivity index (χ2n) is 7.15. The zero-order valence-corrected chi connectivity index (χ0v) is 19.8. The van der Waals surface area contributed by atoms with Crippen molar-refractivity contribution in [2.45, 2.75) is 18.4 Å². The van der Waals surface area contributed by atoms with E-state index in [-0.39, 0.29) is 17.0 Å². The number of methoxy groups -OCH3 is 1. The number of benzene rings is 2. The van der Waals surface area contributed by atoms with Crippen LogP contribution in [0, 0.1) is 11.6 Å². The lowest BCUT2D eigenvalue weighted by atomic mass is 10.1. The van der Waals surface area contributed by atoms with Gasteiger partial charge in [-0.05, 0) is 23.8 Å². The molecule has 6 N–H and O–H groups in total. The van der Waals surface area contributed by atoms with Crippen LogP contribution in [0.4, 0.5) is 40.8 Å². The van der Waals surface area contributed by atoms with E-state index in [1.165, 1.54) is 49.8 Å². The molecule has 1 unspecified atom stereocenters. The topological polar surface area (TPSA) is 168 Å². The lowest BCUT2D eigenvalue weighted by Crippen LogP contribution is -2.28. The Labute approximate surface area is 218 Å². The summed E-state index contributed by atoms with van der Waals surface area (Å²) in [6, 6.07) is 6.88. The average molecular weight is 586 g/mol. The maximum Gasteiger partial charge on any atom is 0.490 e. The molecule has 0 spiro atoms. The summed E-state index contributed by atoms with van der Waals surface area (Å²) in [5.41, 5.74) is 7.09. The van der Waals surface area contributed by atoms with Gasteiger partial charge in [0.2, 0.25) is 5.91 Å². The van der Waals surface area contributed by atoms with Crippen molar-refractivity contribution in [1.29, 1.82) is 0 Å². The third-order valence-electron chi connectivity index (χ3n) is 4.33. The van der Waals surface area contributed by atoms with Gasteiger partial charge in [-0.3, -0.25) is 9.89 Å². The number of carboxylic acid groups (broad SMARTS) is 2. The lowest BCUT2D eigenvalue weighted by molar-refractivity contribution is -0.193. The van der Waals surface area contributed by atoms with Crippen LogP contribution in [0.15, 0.2) is 48.8 Å². The predicted octanol–water partition coefficient (Wildman–Crippen LogP) is 4.27. The molecule has 3 aromatic rings. The van der Waals surface area contributed by atoms with Gasteiger partial charge in [0, 0.05) is 23.4 Å². The highest BCUT2D eigenvalue weighted by Gasteiger charge is 2.38. The Morgan fingerprint density at radius 2 is 1.55 bits per heavy atom. The average Bonchev–Trinajstić information content (AvgIpc) is 3.38. The van der Waals surface area contributed by atoms with Gasteiger partial charge in [0.15, 0.2) is 0 Å². The van der Waals surface area contributed by atoms with Crippen LogP contribution >= 0.6 is 0 Å². The number of carboxylic acids is 2. The molecule has 0 saturated heterocycles. The number of amides is 1. The third-order valence-corrected chi connectivity index (χ3v) is 4.33. The Morgan fingerprint density at radius 1 is 1.00 bits per heavy atom. The van der Waals surface area contributed by atoms with E-state index in [4.69, 9.17) is 30.3 Å². The molecule has 3 rings (SSSR count). The maximum absolute atomic E-state index is 14.4. The van der Waals surface area contributed by atoms with Crippen molar-refractivity contribution in [3.63, 3.8) is 0 Å². The minimum absolute atomic E-state index is 0.120. The minimum Gasteiger partial charge on any atom is -0.495 e. The molecule has 1 heterocycles. The molecule has 2 aromatic carbocycles. The Bertz CT molecular complexity index is 1290. The minimum atomic E-state index is -5.08. The van der Waals surface area contributed by atoms with Gasteiger partial charge in [-0.2, -0.15) is 31.4 Å². The standard InChI is InChI=1S/C18H16F2N4O2.2C2HF3O2/c1-26-16-6-13(11-8-22-23-9-11)14(20)7-15(16)24-18(25)17(21)10-3-2-4-12(19)5-10;2*3-2(4,5)1(6)7/h2-9,17H,21H2,1H3,(H,22,23)(H,24,25);2*(H,6,7). The number of hydrogen-bond donors (Lipinski definition) is 5. The molecule has 0 radical (unpaired) electrons. The zero-order chi connectivity index (χ0) is 30.8. The van der Waals surface area contributed by atoms with Crippen LogP contribution in [0.2, 0.25) is 0 Å². The van der Waals surface area contributed by atoms with E-state index in [0.29, 0.717) is 11.1 Å². The highest BCUT2D eigenvalue weighted by molar-refractivity contribution is 5.97. The molecular weight excluding hydrogens is 568 g/mol. The number of ether oxygens (including phenoxy) is 1. The molecule has 0 fully saturated rings. The van der Waals surface area contributed by atoms with Gasteiger partial charge in [0.25, 0.3) is 0 Å². The Kier molecular flexibility index (Phi) is 11.5. The number of nitrogens with two attached hydrogens (primary N) is 1. The molecular formula is C22H18F8N4O6. The SMILES string of the molecule is COc1cc(-c2cn[nH]c2)c(F)cc1NC(=O)C(N)c1cccc(F)c1.O=C(O)C(F)(F)F.O=C(O)C(F)(F)F. The highest BCUT2D eigenvalue weighted by atomic mass is 19.4. The number of nitrogens with zero attached hydrogens (tertiary/aromatic N) is 1. The van der Waals surface area contributed by atoms with Crippen LogP contribution < -0.4 is 15.8 Å². The van der Waals surface area contributed by atoms with E-state index >= 15 is 0 Å². The van der Waals surface area contributed by atoms with Crippen molar-refractivity contribution in [2.24, 2.45) is 5.73 Å². The summed E-state index contributed by atoms with van der Waals surface area (Å²) >= 11 is 0. The van der Waals surface area contributed by atoms with Crippen molar-refractivity contribution in [2.75, 3.05) is 12.4 Å². The first-order valence-electron chi connectivity index (χ1n) is 10.2. The van der Waals surface area contributed by atoms with E-state index in [1.54, 1.807) is 0 Å². The van der Waals surface area contributed by atoms with Crippen LogP contribution in [0.5, 0.6) is 5.75 Å². The summed E-state index contributed by atoms with van der Waals surface area (Å²) in [6.45, 7) is 0. The Balaban J connectivity index is 0.000000473. The van der Waals surface area contributed by atoms with E-state index in [0.717, 1.165) is 6.07 Å². The number of alkyl halides is 6. The first-order valence-corrected chi connectivity index (χ1v) is 10.2. The molecule has 0 aliphatic rings. The third kappa shape index (κ3) is 10.2. The van der Waals surface area contributed by atoms with Gasteiger partial charge in [-0.1, -0.05) is 12.1 Å². The van der Waals surface area contributed by atoms with Crippen LogP contribution in [0.1, 0.15) is 11.6 Å². The molecule has 18 heteroatoms. The number of H-pyrrole nitrogens is 1. The molecule has 0 aliphatic heterocycles. The number of carbonyl (C=O) groups is 3. The number of aromatic amines is 1. The monoisotopic (exact) mass is 586 g/mol. The van der Waals surface area contributed by atoms with Crippen LogP contribution in [0.3, 0.4) is 0 Å². The fourth-order valence-corrected chi connectivity index (χ4v) is 2.50. The van der Waals surface area contributed by atoms with Crippen molar-refractivity contribution >= 4 is 23.5 Å². The first kappa shape index (κ1) is 33.3. The highest BCUT2D eigenvalue weighted by Crippen LogP contribution is 2.33. The van der Waals surface area contributed by atoms with Gasteiger partial charge in [-0.15, -0.1) is 0 Å². The van der Waals surface area contributed by atoms with E-state index < -0.39 is 47.9 Å². The Morgan fingerprint density at radius 3 is 1.98 bits per heavy atom. The normalized spacial score (nSPS) is 11.7. The predicted molar refractivity (Wildman–Crippen MR) is 120 cm³/mol. The van der Waals surface area contributed by atoms with Gasteiger partial charge < -0.3 is 26.0 Å². The molecule has 1 atom stereocenters. The summed E-state index contributed by atoms with van der Waals surface area (Å²) in [5, 5.41) is 23.2. The molecule has 0 saturated carbocycles. The fourth-order valence-electron chi connectivity index (χ4n) is 2.50. The smallest absolute Gasteiger partial charge is 0.490 e. The second-order valence-corrected chi connectivity index (χ2v) is 7.15. The largest absolute Gasteiger partial charge is 0.495 e. The second kappa shape index (κ2) is 13.9. The lowest BCUT2D eigenvalue weighted by Gasteiger charge is -2.16. The molecule has 0 aliphatic carbocycles. The van der Waals surface area contributed by atoms with Crippen molar-refractivity contribution in [3.8, 4) is 16.9 Å². The van der Waals surface area contributed by atoms with Gasteiger partial charge in [-0.25, -0.2) is 18.4 Å². The van der Waals surface area contributed by atoms with Crippen LogP contribution in [0.25, 0.3) is 11.1 Å². The first-order chi connectivity index (χ1) is 18.4. The number of anilines is 1. The van der Waals surface area contributed by atoms with Gasteiger partial charge in [0.1, 0.15) is 23.4 Å². The number of aromatic nitrogens is 2. The number of hydrogen-bond acceptors (Lipinski definition) is 6. The van der Waals surface area contributed by atoms with Crippen LogP contribution in [-0.2, 0) is 14.4 Å². The van der Waals surface area contributed by atoms with E-state index in [1.807, 2.05) is 0 Å². The maximum atomic E-state index is 14.4. The van der Waals surface area contributed by atoms with Gasteiger partial charge >= 0.3 is 24.3 Å². The number of aliphatic carboxylic acids is 2. The quantitative estimate of drug-likeness (QED) is 0.276. The van der Waals surface area contributed by atoms with Crippen molar-refractivity contribution in [1.82, 2.24) is 10.2 Å². The summed E-state index contributed by atoms with van der Waals surface area (Å²) < 4.78 is 96.4. The number of rotatable bonds is 5. The van der Waals surface area contributed by atoms with Crippen molar-refractivity contribution < 1.29 is 64.5 Å². The van der Waals surface area contributed by atoms with Crippen LogP contribution in [-0.4, -0.2) is 57.7 Å². The van der Waals surface area contributed by atoms with E-state index in [2.05, 4.69) is 15.5 Å². The number of halogens is 8. The van der Waals surface area contributed by atoms with E-state index in [9.17, 15) is 39.9 Å². The number of nitrogens with one attached hydrogen (secondary N) is 2. The molecule has 10 nitrogen and oxygen atoms in total. The fraction of sp³-hybridized carbons (Fsp3) is 0.182. The molecule has 1 amide bonds. The summed E-state index contributed by atoms with van der Waals surface area (Å²) in [5.74, 6) is -6.95. The summed E-state index contributed by atoms with van der Waals surface area (Å²) in [4.78, 5) is 30.2. The summed E-state index contributed by atoms with van der Waals surface area (Å²) in [6.07, 6.45) is -7.16.